The van der Waals surface area contributed by atoms with Gasteiger partial charge < -0.3 is 5.32 Å². The average Bonchev–Trinajstić information content (AvgIpc) is 2.37. The van der Waals surface area contributed by atoms with Crippen LogP contribution in [0.3, 0.4) is 0 Å². The molecule has 0 amide bonds. The summed E-state index contributed by atoms with van der Waals surface area (Å²) in [5.41, 5.74) is 1.20. The molecule has 0 saturated heterocycles. The van der Waals surface area contributed by atoms with E-state index < -0.39 is 0 Å². The first kappa shape index (κ1) is 14.9. The lowest BCUT2D eigenvalue weighted by Crippen LogP contribution is -2.17. The summed E-state index contributed by atoms with van der Waals surface area (Å²) in [5.74, 6) is 1.72. The van der Waals surface area contributed by atoms with E-state index in [4.69, 9.17) is 0 Å². The second-order valence-corrected chi connectivity index (χ2v) is 6.93. The topological polar surface area (TPSA) is 37.8 Å². The van der Waals surface area contributed by atoms with Crippen LogP contribution in [-0.4, -0.2) is 17.0 Å². The lowest BCUT2D eigenvalue weighted by atomic mass is 9.96. The summed E-state index contributed by atoms with van der Waals surface area (Å²) in [6, 6.07) is 10.4. The van der Waals surface area contributed by atoms with E-state index in [1.807, 2.05) is 13.1 Å². The number of hydrogen-bond donors (Lipinski definition) is 1. The molecule has 106 valence electrons. The van der Waals surface area contributed by atoms with Crippen molar-refractivity contribution in [2.45, 2.75) is 43.0 Å². The maximum Gasteiger partial charge on any atom is 0.137 e. The molecule has 3 nitrogen and oxygen atoms in total. The first-order valence-corrected chi connectivity index (χ1v) is 7.52. The first-order valence-electron chi connectivity index (χ1n) is 6.70. The molecule has 1 N–H and O–H groups in total. The van der Waals surface area contributed by atoms with Crippen molar-refractivity contribution >= 4 is 17.6 Å². The van der Waals surface area contributed by atoms with Gasteiger partial charge in [0.1, 0.15) is 16.7 Å². The van der Waals surface area contributed by atoms with Crippen molar-refractivity contribution in [3.05, 3.63) is 41.7 Å². The molecule has 1 heterocycles. The van der Waals surface area contributed by atoms with E-state index in [2.05, 4.69) is 67.2 Å². The predicted molar refractivity (Wildman–Crippen MR) is 85.6 cm³/mol. The van der Waals surface area contributed by atoms with Crippen LogP contribution in [0.2, 0.25) is 0 Å². The Balaban J connectivity index is 2.36. The van der Waals surface area contributed by atoms with Gasteiger partial charge in [-0.15, -0.1) is 0 Å². The van der Waals surface area contributed by atoms with E-state index in [-0.39, 0.29) is 5.41 Å². The standard InChI is InChI=1S/C16H21N3S/c1-11-7-6-8-12(9-11)20-14-10-13(17-5)18-15(19-14)16(2,3)4/h6-10H,1-5H3,(H,17,18,19). The molecule has 0 spiro atoms. The summed E-state index contributed by atoms with van der Waals surface area (Å²) in [6.07, 6.45) is 0. The smallest absolute Gasteiger partial charge is 0.137 e. The Morgan fingerprint density at radius 2 is 1.85 bits per heavy atom. The van der Waals surface area contributed by atoms with Crippen LogP contribution in [0.4, 0.5) is 5.82 Å². The van der Waals surface area contributed by atoms with Gasteiger partial charge in [0.25, 0.3) is 0 Å². The van der Waals surface area contributed by atoms with Crippen LogP contribution in [0, 0.1) is 6.92 Å². The molecule has 1 aromatic heterocycles. The summed E-state index contributed by atoms with van der Waals surface area (Å²) in [5, 5.41) is 4.08. The fraction of sp³-hybridized carbons (Fsp3) is 0.375. The molecule has 2 aromatic rings. The maximum atomic E-state index is 4.69. The Hall–Kier alpha value is -1.55. The van der Waals surface area contributed by atoms with Gasteiger partial charge in [-0.2, -0.15) is 0 Å². The van der Waals surface area contributed by atoms with Crippen LogP contribution in [0.15, 0.2) is 40.3 Å². The van der Waals surface area contributed by atoms with Crippen LogP contribution in [-0.2, 0) is 5.41 Å². The SMILES string of the molecule is CNc1cc(Sc2cccc(C)c2)nc(C(C)(C)C)n1. The largest absolute Gasteiger partial charge is 0.373 e. The highest BCUT2D eigenvalue weighted by Gasteiger charge is 2.19. The summed E-state index contributed by atoms with van der Waals surface area (Å²) in [6.45, 7) is 8.48. The number of benzene rings is 1. The third-order valence-electron chi connectivity index (χ3n) is 2.84. The summed E-state index contributed by atoms with van der Waals surface area (Å²) in [4.78, 5) is 10.4. The van der Waals surface area contributed by atoms with Crippen LogP contribution in [0.25, 0.3) is 0 Å². The van der Waals surface area contributed by atoms with Crippen LogP contribution in [0.1, 0.15) is 32.2 Å². The van der Waals surface area contributed by atoms with E-state index >= 15 is 0 Å². The van der Waals surface area contributed by atoms with Crippen molar-refractivity contribution in [3.63, 3.8) is 0 Å². The van der Waals surface area contributed by atoms with Crippen molar-refractivity contribution in [3.8, 4) is 0 Å². The van der Waals surface area contributed by atoms with Gasteiger partial charge in [0.05, 0.1) is 0 Å². The highest BCUT2D eigenvalue weighted by atomic mass is 32.2. The molecular formula is C16H21N3S. The van der Waals surface area contributed by atoms with Crippen molar-refractivity contribution in [1.82, 2.24) is 9.97 Å². The first-order chi connectivity index (χ1) is 9.38. The van der Waals surface area contributed by atoms with Gasteiger partial charge in [0, 0.05) is 23.4 Å². The maximum absolute atomic E-state index is 4.69. The van der Waals surface area contributed by atoms with Crippen molar-refractivity contribution in [1.29, 1.82) is 0 Å². The average molecular weight is 287 g/mol. The van der Waals surface area contributed by atoms with Gasteiger partial charge in [-0.3, -0.25) is 0 Å². The Labute approximate surface area is 125 Å². The van der Waals surface area contributed by atoms with E-state index in [1.165, 1.54) is 10.5 Å². The molecule has 4 heteroatoms. The lowest BCUT2D eigenvalue weighted by Gasteiger charge is -2.18. The molecular weight excluding hydrogens is 266 g/mol. The normalized spacial score (nSPS) is 11.4. The van der Waals surface area contributed by atoms with Gasteiger partial charge in [-0.25, -0.2) is 9.97 Å². The Kier molecular flexibility index (Phi) is 4.33. The Bertz CT molecular complexity index is 603. The zero-order valence-electron chi connectivity index (χ0n) is 12.7. The molecule has 20 heavy (non-hydrogen) atoms. The number of nitrogens with zero attached hydrogens (tertiary/aromatic N) is 2. The summed E-state index contributed by atoms with van der Waals surface area (Å²) >= 11 is 1.67. The molecule has 0 aliphatic heterocycles. The minimum absolute atomic E-state index is 0.0607. The van der Waals surface area contributed by atoms with Gasteiger partial charge in [0.2, 0.25) is 0 Å². The third kappa shape index (κ3) is 3.73. The van der Waals surface area contributed by atoms with Crippen molar-refractivity contribution < 1.29 is 0 Å². The second kappa shape index (κ2) is 5.83. The number of anilines is 1. The molecule has 0 fully saturated rings. The zero-order chi connectivity index (χ0) is 14.8. The molecule has 0 saturated carbocycles. The molecule has 2 rings (SSSR count). The monoisotopic (exact) mass is 287 g/mol. The number of aryl methyl sites for hydroxylation is 1. The number of rotatable bonds is 3. The molecule has 1 aromatic carbocycles. The van der Waals surface area contributed by atoms with Crippen LogP contribution < -0.4 is 5.32 Å². The van der Waals surface area contributed by atoms with Crippen molar-refractivity contribution in [2.75, 3.05) is 12.4 Å². The molecule has 0 unspecified atom stereocenters. The molecule has 0 bridgehead atoms. The van der Waals surface area contributed by atoms with E-state index in [0.29, 0.717) is 0 Å². The van der Waals surface area contributed by atoms with Gasteiger partial charge >= 0.3 is 0 Å². The molecule has 0 radical (unpaired) electrons. The van der Waals surface area contributed by atoms with E-state index in [1.54, 1.807) is 11.8 Å². The molecule has 0 aliphatic rings. The zero-order valence-corrected chi connectivity index (χ0v) is 13.5. The van der Waals surface area contributed by atoms with E-state index in [9.17, 15) is 0 Å². The minimum Gasteiger partial charge on any atom is -0.373 e. The molecule has 0 atom stereocenters. The minimum atomic E-state index is -0.0607. The Morgan fingerprint density at radius 3 is 2.45 bits per heavy atom. The highest BCUT2D eigenvalue weighted by molar-refractivity contribution is 7.99. The summed E-state index contributed by atoms with van der Waals surface area (Å²) < 4.78 is 0. The van der Waals surface area contributed by atoms with E-state index in [0.717, 1.165) is 16.7 Å². The number of nitrogens with one attached hydrogen (secondary N) is 1. The second-order valence-electron chi connectivity index (χ2n) is 5.83. The fourth-order valence-corrected chi connectivity index (χ4v) is 2.68. The van der Waals surface area contributed by atoms with Gasteiger partial charge in [-0.1, -0.05) is 50.2 Å². The quantitative estimate of drug-likeness (QED) is 0.855. The fourth-order valence-electron chi connectivity index (χ4n) is 1.74. The Morgan fingerprint density at radius 1 is 1.10 bits per heavy atom. The third-order valence-corrected chi connectivity index (χ3v) is 3.75. The lowest BCUT2D eigenvalue weighted by molar-refractivity contribution is 0.539. The van der Waals surface area contributed by atoms with Gasteiger partial charge in [0.15, 0.2) is 0 Å². The summed E-state index contributed by atoms with van der Waals surface area (Å²) in [7, 11) is 1.88. The number of aromatic nitrogens is 2. The highest BCUT2D eigenvalue weighted by Crippen LogP contribution is 2.30. The molecule has 0 aliphatic carbocycles. The van der Waals surface area contributed by atoms with Gasteiger partial charge in [-0.05, 0) is 19.1 Å². The van der Waals surface area contributed by atoms with Crippen LogP contribution >= 0.6 is 11.8 Å². The van der Waals surface area contributed by atoms with Crippen molar-refractivity contribution in [2.24, 2.45) is 0 Å². The number of hydrogen-bond acceptors (Lipinski definition) is 4. The predicted octanol–water partition coefficient (Wildman–Crippen LogP) is 4.28. The van der Waals surface area contributed by atoms with Crippen LogP contribution in [0.5, 0.6) is 0 Å².